The highest BCUT2D eigenvalue weighted by Gasteiger charge is 2.24. The van der Waals surface area contributed by atoms with Crippen LogP contribution in [0.15, 0.2) is 46.7 Å². The molecule has 2 rings (SSSR count). The normalized spacial score (nSPS) is 13.3. The van der Waals surface area contributed by atoms with Crippen LogP contribution in [0.25, 0.3) is 0 Å². The maximum Gasteiger partial charge on any atom is 0.251 e. The number of amides is 1. The van der Waals surface area contributed by atoms with Crippen LogP contribution in [0, 0.1) is 0 Å². The molecule has 1 atom stereocenters. The minimum atomic E-state index is -3.63. The Labute approximate surface area is 165 Å². The molecular formula is C19H27N3O3S2. The molecule has 0 saturated heterocycles. The fraction of sp³-hybridized carbons (Fsp3) is 0.421. The van der Waals surface area contributed by atoms with Crippen LogP contribution < -0.4 is 5.32 Å². The van der Waals surface area contributed by atoms with Crippen molar-refractivity contribution in [3.8, 4) is 0 Å². The highest BCUT2D eigenvalue weighted by Crippen LogP contribution is 2.23. The third kappa shape index (κ3) is 5.16. The first-order valence-electron chi connectivity index (χ1n) is 8.70. The third-order valence-electron chi connectivity index (χ3n) is 4.45. The van der Waals surface area contributed by atoms with Crippen LogP contribution in [-0.2, 0) is 10.0 Å². The highest BCUT2D eigenvalue weighted by molar-refractivity contribution is 7.89. The Kier molecular flexibility index (Phi) is 7.16. The summed E-state index contributed by atoms with van der Waals surface area (Å²) < 4.78 is 26.6. The van der Waals surface area contributed by atoms with E-state index < -0.39 is 10.0 Å². The van der Waals surface area contributed by atoms with Gasteiger partial charge in [0.2, 0.25) is 10.0 Å². The van der Waals surface area contributed by atoms with Gasteiger partial charge in [-0.2, -0.15) is 4.31 Å². The molecule has 0 bridgehead atoms. The molecule has 0 saturated carbocycles. The topological polar surface area (TPSA) is 69.7 Å². The van der Waals surface area contributed by atoms with Crippen molar-refractivity contribution >= 4 is 27.3 Å². The SMILES string of the molecule is CC(C)N(C)S(=O)(=O)c1cccc(C(=O)NCC(c2cccs2)N(C)C)c1. The van der Waals surface area contributed by atoms with E-state index in [1.165, 1.54) is 23.5 Å². The number of thiophene rings is 1. The molecule has 0 spiro atoms. The molecule has 1 unspecified atom stereocenters. The Balaban J connectivity index is 2.16. The van der Waals surface area contributed by atoms with Gasteiger partial charge in [-0.3, -0.25) is 4.79 Å². The van der Waals surface area contributed by atoms with Crippen molar-refractivity contribution in [2.75, 3.05) is 27.7 Å². The first-order valence-corrected chi connectivity index (χ1v) is 11.0. The van der Waals surface area contributed by atoms with Gasteiger partial charge in [0, 0.05) is 30.1 Å². The van der Waals surface area contributed by atoms with E-state index in [1.54, 1.807) is 37.3 Å². The predicted octanol–water partition coefficient (Wildman–Crippen LogP) is 2.81. The number of carbonyl (C=O) groups is 1. The van der Waals surface area contributed by atoms with E-state index in [4.69, 9.17) is 0 Å². The van der Waals surface area contributed by atoms with Crippen molar-refractivity contribution in [2.45, 2.75) is 30.8 Å². The molecule has 148 valence electrons. The van der Waals surface area contributed by atoms with E-state index >= 15 is 0 Å². The molecule has 1 aromatic heterocycles. The first-order chi connectivity index (χ1) is 12.6. The maximum absolute atomic E-state index is 12.6. The van der Waals surface area contributed by atoms with Crippen molar-refractivity contribution in [1.82, 2.24) is 14.5 Å². The fourth-order valence-corrected chi connectivity index (χ4v) is 4.89. The number of sulfonamides is 1. The summed E-state index contributed by atoms with van der Waals surface area (Å²) in [6.45, 7) is 4.05. The zero-order valence-corrected chi connectivity index (χ0v) is 18.0. The molecule has 0 aliphatic heterocycles. The summed E-state index contributed by atoms with van der Waals surface area (Å²) in [6.07, 6.45) is 0. The number of likely N-dealkylation sites (N-methyl/N-ethyl adjacent to an activating group) is 1. The van der Waals surface area contributed by atoms with Crippen molar-refractivity contribution < 1.29 is 13.2 Å². The summed E-state index contributed by atoms with van der Waals surface area (Å²) in [5.41, 5.74) is 0.330. The molecule has 2 aromatic rings. The van der Waals surface area contributed by atoms with Gasteiger partial charge in [0.25, 0.3) is 5.91 Å². The fourth-order valence-electron chi connectivity index (χ4n) is 2.55. The number of rotatable bonds is 8. The highest BCUT2D eigenvalue weighted by atomic mass is 32.2. The van der Waals surface area contributed by atoms with Gasteiger partial charge in [-0.15, -0.1) is 11.3 Å². The van der Waals surface area contributed by atoms with Crippen LogP contribution in [-0.4, -0.2) is 57.3 Å². The summed E-state index contributed by atoms with van der Waals surface area (Å²) in [5.74, 6) is -0.289. The number of nitrogens with zero attached hydrogens (tertiary/aromatic N) is 2. The third-order valence-corrected chi connectivity index (χ3v) is 7.45. The number of nitrogens with one attached hydrogen (secondary N) is 1. The van der Waals surface area contributed by atoms with E-state index in [1.807, 2.05) is 36.5 Å². The number of hydrogen-bond donors (Lipinski definition) is 1. The van der Waals surface area contributed by atoms with Crippen LogP contribution in [0.3, 0.4) is 0 Å². The van der Waals surface area contributed by atoms with Gasteiger partial charge in [0.05, 0.1) is 10.9 Å². The van der Waals surface area contributed by atoms with Gasteiger partial charge >= 0.3 is 0 Å². The average Bonchev–Trinajstić information content (AvgIpc) is 3.15. The summed E-state index contributed by atoms with van der Waals surface area (Å²) in [6, 6.07) is 10.1. The van der Waals surface area contributed by atoms with E-state index in [9.17, 15) is 13.2 Å². The molecule has 0 aliphatic rings. The lowest BCUT2D eigenvalue weighted by atomic mass is 10.2. The molecule has 1 aromatic carbocycles. The largest absolute Gasteiger partial charge is 0.350 e. The molecule has 0 fully saturated rings. The Hall–Kier alpha value is -1.74. The van der Waals surface area contributed by atoms with Crippen LogP contribution in [0.2, 0.25) is 0 Å². The lowest BCUT2D eigenvalue weighted by Gasteiger charge is -2.23. The Morgan fingerprint density at radius 1 is 1.15 bits per heavy atom. The summed E-state index contributed by atoms with van der Waals surface area (Å²) in [5, 5.41) is 4.92. The van der Waals surface area contributed by atoms with Crippen molar-refractivity contribution in [2.24, 2.45) is 0 Å². The number of hydrogen-bond acceptors (Lipinski definition) is 5. The van der Waals surface area contributed by atoms with Gasteiger partial charge in [-0.25, -0.2) is 8.42 Å². The van der Waals surface area contributed by atoms with Gasteiger partial charge in [-0.1, -0.05) is 12.1 Å². The first kappa shape index (κ1) is 21.6. The van der Waals surface area contributed by atoms with Crippen molar-refractivity contribution in [3.63, 3.8) is 0 Å². The van der Waals surface area contributed by atoms with Crippen LogP contribution in [0.5, 0.6) is 0 Å². The summed E-state index contributed by atoms with van der Waals surface area (Å²) >= 11 is 1.64. The van der Waals surface area contributed by atoms with Crippen LogP contribution in [0.1, 0.15) is 35.1 Å². The van der Waals surface area contributed by atoms with E-state index in [-0.39, 0.29) is 22.9 Å². The number of benzene rings is 1. The maximum atomic E-state index is 12.6. The lowest BCUT2D eigenvalue weighted by molar-refractivity contribution is 0.0942. The molecule has 1 heterocycles. The van der Waals surface area contributed by atoms with Gasteiger partial charge in [-0.05, 0) is 57.6 Å². The monoisotopic (exact) mass is 409 g/mol. The zero-order valence-electron chi connectivity index (χ0n) is 16.3. The van der Waals surface area contributed by atoms with Crippen LogP contribution in [0.4, 0.5) is 0 Å². The quantitative estimate of drug-likeness (QED) is 0.728. The molecule has 8 heteroatoms. The molecule has 1 N–H and O–H groups in total. The molecule has 0 radical (unpaired) electrons. The minimum absolute atomic E-state index is 0.0629. The second kappa shape index (κ2) is 8.97. The molecular weight excluding hydrogens is 382 g/mol. The van der Waals surface area contributed by atoms with Crippen molar-refractivity contribution in [1.29, 1.82) is 0 Å². The smallest absolute Gasteiger partial charge is 0.251 e. The van der Waals surface area contributed by atoms with Gasteiger partial charge in [0.15, 0.2) is 0 Å². The molecule has 6 nitrogen and oxygen atoms in total. The second-order valence-corrected chi connectivity index (χ2v) is 9.82. The lowest BCUT2D eigenvalue weighted by Crippen LogP contribution is -2.35. The van der Waals surface area contributed by atoms with Gasteiger partial charge < -0.3 is 10.2 Å². The standard InChI is InChI=1S/C19H27N3O3S2/c1-14(2)22(5)27(24,25)16-9-6-8-15(12-16)19(23)20-13-17(21(3)4)18-10-7-11-26-18/h6-12,14,17H,13H2,1-5H3,(H,20,23). The molecule has 0 aliphatic carbocycles. The number of carbonyl (C=O) groups excluding carboxylic acids is 1. The molecule has 27 heavy (non-hydrogen) atoms. The van der Waals surface area contributed by atoms with Gasteiger partial charge in [0.1, 0.15) is 0 Å². The summed E-state index contributed by atoms with van der Waals surface area (Å²) in [7, 11) is 1.84. The summed E-state index contributed by atoms with van der Waals surface area (Å²) in [4.78, 5) is 15.9. The zero-order chi connectivity index (χ0) is 20.2. The van der Waals surface area contributed by atoms with E-state index in [0.717, 1.165) is 4.88 Å². The van der Waals surface area contributed by atoms with Crippen LogP contribution >= 0.6 is 11.3 Å². The Morgan fingerprint density at radius 3 is 2.41 bits per heavy atom. The molecule has 1 amide bonds. The minimum Gasteiger partial charge on any atom is -0.350 e. The Morgan fingerprint density at radius 2 is 1.85 bits per heavy atom. The second-order valence-electron chi connectivity index (χ2n) is 6.85. The van der Waals surface area contributed by atoms with Crippen molar-refractivity contribution in [3.05, 3.63) is 52.2 Å². The van der Waals surface area contributed by atoms with E-state index in [2.05, 4.69) is 5.32 Å². The Bertz CT molecular complexity index is 862. The predicted molar refractivity (Wildman–Crippen MR) is 110 cm³/mol. The van der Waals surface area contributed by atoms with E-state index in [0.29, 0.717) is 12.1 Å². The average molecular weight is 410 g/mol.